The third-order valence-corrected chi connectivity index (χ3v) is 2.80. The topological polar surface area (TPSA) is 55.4 Å². The maximum absolute atomic E-state index is 5.52. The van der Waals surface area contributed by atoms with Crippen LogP contribution in [0.4, 0.5) is 0 Å². The molecule has 6 heteroatoms. The van der Waals surface area contributed by atoms with E-state index in [1.807, 2.05) is 13.8 Å². The summed E-state index contributed by atoms with van der Waals surface area (Å²) < 4.78 is 32.1. The van der Waals surface area contributed by atoms with Gasteiger partial charge in [-0.1, -0.05) is 13.8 Å². The summed E-state index contributed by atoms with van der Waals surface area (Å²) in [5.41, 5.74) is 0. The van der Waals surface area contributed by atoms with Crippen molar-refractivity contribution in [3.63, 3.8) is 0 Å². The Kier molecular flexibility index (Phi) is 7.73. The van der Waals surface area contributed by atoms with Gasteiger partial charge in [0.05, 0.1) is 13.2 Å². The van der Waals surface area contributed by atoms with Crippen molar-refractivity contribution >= 4 is 0 Å². The number of hydrogen-bond donors (Lipinski definition) is 0. The lowest BCUT2D eigenvalue weighted by atomic mass is 10.0. The lowest BCUT2D eigenvalue weighted by Gasteiger charge is -2.43. The van der Waals surface area contributed by atoms with Crippen LogP contribution in [0.25, 0.3) is 0 Å². The molecule has 0 N–H and O–H groups in total. The molecular formula is C12H24O6. The molecule has 3 unspecified atom stereocenters. The van der Waals surface area contributed by atoms with Gasteiger partial charge in [-0.3, -0.25) is 0 Å². The van der Waals surface area contributed by atoms with Gasteiger partial charge in [-0.05, 0) is 0 Å². The maximum atomic E-state index is 5.52. The van der Waals surface area contributed by atoms with Crippen LogP contribution >= 0.6 is 0 Å². The molecular weight excluding hydrogens is 240 g/mol. The molecule has 0 aromatic heterocycles. The molecule has 2 fully saturated rings. The SMILES string of the molecule is CC.COCC1OCOC2C1OCO[C@@H]2COC. The lowest BCUT2D eigenvalue weighted by molar-refractivity contribution is -0.330. The summed E-state index contributed by atoms with van der Waals surface area (Å²) in [4.78, 5) is 0. The van der Waals surface area contributed by atoms with E-state index in [-0.39, 0.29) is 38.0 Å². The minimum atomic E-state index is -0.150. The Balaban J connectivity index is 0.000000771. The van der Waals surface area contributed by atoms with Crippen LogP contribution in [0.1, 0.15) is 13.8 Å². The summed E-state index contributed by atoms with van der Waals surface area (Å²) in [6.07, 6.45) is -0.510. The first-order valence-corrected chi connectivity index (χ1v) is 6.31. The summed E-state index contributed by atoms with van der Waals surface area (Å²) in [6, 6.07) is 0. The molecule has 4 atom stereocenters. The third-order valence-electron chi connectivity index (χ3n) is 2.80. The largest absolute Gasteiger partial charge is 0.382 e. The second-order valence-corrected chi connectivity index (χ2v) is 3.82. The number of rotatable bonds is 4. The molecule has 0 spiro atoms. The van der Waals surface area contributed by atoms with Gasteiger partial charge in [-0.25, -0.2) is 0 Å². The number of fused-ring (bicyclic) bond motifs is 1. The van der Waals surface area contributed by atoms with Crippen molar-refractivity contribution in [1.82, 2.24) is 0 Å². The minimum Gasteiger partial charge on any atom is -0.382 e. The number of hydrogen-bond acceptors (Lipinski definition) is 6. The third kappa shape index (κ3) is 3.88. The van der Waals surface area contributed by atoms with Crippen LogP contribution in [-0.4, -0.2) is 65.4 Å². The smallest absolute Gasteiger partial charge is 0.147 e. The van der Waals surface area contributed by atoms with E-state index in [1.165, 1.54) is 0 Å². The first kappa shape index (κ1) is 15.8. The van der Waals surface area contributed by atoms with Crippen molar-refractivity contribution in [3.8, 4) is 0 Å². The molecule has 2 saturated heterocycles. The Morgan fingerprint density at radius 2 is 1.17 bits per heavy atom. The highest BCUT2D eigenvalue weighted by atomic mass is 16.8. The molecule has 0 aromatic rings. The van der Waals surface area contributed by atoms with E-state index >= 15 is 0 Å². The molecule has 0 bridgehead atoms. The van der Waals surface area contributed by atoms with Gasteiger partial charge < -0.3 is 28.4 Å². The van der Waals surface area contributed by atoms with Crippen LogP contribution in [0, 0.1) is 0 Å². The van der Waals surface area contributed by atoms with Crippen LogP contribution in [0.3, 0.4) is 0 Å². The highest BCUT2D eigenvalue weighted by Gasteiger charge is 2.44. The quantitative estimate of drug-likeness (QED) is 0.748. The van der Waals surface area contributed by atoms with Gasteiger partial charge in [0.1, 0.15) is 38.0 Å². The van der Waals surface area contributed by atoms with Gasteiger partial charge in [0.2, 0.25) is 0 Å². The molecule has 2 heterocycles. The second-order valence-electron chi connectivity index (χ2n) is 3.82. The molecule has 0 amide bonds. The fourth-order valence-corrected chi connectivity index (χ4v) is 2.04. The lowest BCUT2D eigenvalue weighted by Crippen LogP contribution is -2.59. The van der Waals surface area contributed by atoms with Crippen molar-refractivity contribution in [2.24, 2.45) is 0 Å². The molecule has 108 valence electrons. The first-order chi connectivity index (χ1) is 8.86. The van der Waals surface area contributed by atoms with Crippen molar-refractivity contribution in [3.05, 3.63) is 0 Å². The zero-order valence-corrected chi connectivity index (χ0v) is 11.6. The van der Waals surface area contributed by atoms with Gasteiger partial charge in [0, 0.05) is 14.2 Å². The van der Waals surface area contributed by atoms with Gasteiger partial charge in [-0.15, -0.1) is 0 Å². The van der Waals surface area contributed by atoms with E-state index in [2.05, 4.69) is 0 Å². The van der Waals surface area contributed by atoms with Crippen LogP contribution in [0.15, 0.2) is 0 Å². The number of methoxy groups -OCH3 is 2. The van der Waals surface area contributed by atoms with Gasteiger partial charge in [0.15, 0.2) is 0 Å². The Labute approximate surface area is 108 Å². The Bertz CT molecular complexity index is 187. The molecule has 0 aromatic carbocycles. The molecule has 2 rings (SSSR count). The van der Waals surface area contributed by atoms with E-state index in [9.17, 15) is 0 Å². The van der Waals surface area contributed by atoms with Gasteiger partial charge >= 0.3 is 0 Å². The first-order valence-electron chi connectivity index (χ1n) is 6.31. The van der Waals surface area contributed by atoms with Crippen molar-refractivity contribution in [2.45, 2.75) is 38.3 Å². The zero-order valence-electron chi connectivity index (χ0n) is 11.6. The minimum absolute atomic E-state index is 0.105. The second kappa shape index (κ2) is 8.79. The van der Waals surface area contributed by atoms with Gasteiger partial charge in [-0.2, -0.15) is 0 Å². The Morgan fingerprint density at radius 1 is 0.778 bits per heavy atom. The molecule has 2 aliphatic heterocycles. The number of ether oxygens (including phenoxy) is 6. The fraction of sp³-hybridized carbons (Fsp3) is 1.00. The monoisotopic (exact) mass is 264 g/mol. The Morgan fingerprint density at radius 3 is 1.50 bits per heavy atom. The van der Waals surface area contributed by atoms with Crippen LogP contribution in [0.5, 0.6) is 0 Å². The zero-order chi connectivity index (χ0) is 13.4. The van der Waals surface area contributed by atoms with E-state index < -0.39 is 0 Å². The predicted molar refractivity (Wildman–Crippen MR) is 64.3 cm³/mol. The molecule has 0 saturated carbocycles. The predicted octanol–water partition coefficient (Wildman–Crippen LogP) is 0.788. The highest BCUT2D eigenvalue weighted by molar-refractivity contribution is 4.89. The summed E-state index contributed by atoms with van der Waals surface area (Å²) in [7, 11) is 3.28. The standard InChI is InChI=1S/C10H18O6.C2H6/c1-11-3-7-9-10(16-5-13-7)8(4-12-2)14-6-15-9;1-2/h7-10H,3-6H2,1-2H3;1-2H3/t7-,8?,9?,10?;/m1./s1. The summed E-state index contributed by atoms with van der Waals surface area (Å²) in [5, 5.41) is 0. The van der Waals surface area contributed by atoms with Crippen LogP contribution in [-0.2, 0) is 28.4 Å². The average molecular weight is 264 g/mol. The summed E-state index contributed by atoms with van der Waals surface area (Å²) >= 11 is 0. The molecule has 0 aliphatic carbocycles. The maximum Gasteiger partial charge on any atom is 0.147 e. The molecule has 6 nitrogen and oxygen atoms in total. The van der Waals surface area contributed by atoms with E-state index in [0.29, 0.717) is 13.2 Å². The average Bonchev–Trinajstić information content (AvgIpc) is 2.43. The van der Waals surface area contributed by atoms with E-state index in [0.717, 1.165) is 0 Å². The van der Waals surface area contributed by atoms with Crippen molar-refractivity contribution < 1.29 is 28.4 Å². The van der Waals surface area contributed by atoms with E-state index in [4.69, 9.17) is 28.4 Å². The molecule has 2 aliphatic rings. The van der Waals surface area contributed by atoms with Gasteiger partial charge in [0.25, 0.3) is 0 Å². The Hall–Kier alpha value is -0.240. The highest BCUT2D eigenvalue weighted by Crippen LogP contribution is 2.26. The summed E-state index contributed by atoms with van der Waals surface area (Å²) in [5.74, 6) is 0. The summed E-state index contributed by atoms with van der Waals surface area (Å²) in [6.45, 7) is 5.46. The van der Waals surface area contributed by atoms with E-state index in [1.54, 1.807) is 14.2 Å². The van der Waals surface area contributed by atoms with Crippen molar-refractivity contribution in [2.75, 3.05) is 41.0 Å². The molecule has 18 heavy (non-hydrogen) atoms. The van der Waals surface area contributed by atoms with Crippen molar-refractivity contribution in [1.29, 1.82) is 0 Å². The molecule has 0 radical (unpaired) electrons. The fourth-order valence-electron chi connectivity index (χ4n) is 2.04. The van der Waals surface area contributed by atoms with Crippen LogP contribution < -0.4 is 0 Å². The van der Waals surface area contributed by atoms with Crippen LogP contribution in [0.2, 0.25) is 0 Å². The normalized spacial score (nSPS) is 35.3.